The molecule has 1 heterocycles. The Morgan fingerprint density at radius 3 is 2.89 bits per heavy atom. The average molecular weight is 341 g/mol. The lowest BCUT2D eigenvalue weighted by Crippen LogP contribution is -2.08. The maximum absolute atomic E-state index is 5.96. The molecule has 0 saturated heterocycles. The van der Waals surface area contributed by atoms with Crippen molar-refractivity contribution >= 4 is 27.3 Å². The van der Waals surface area contributed by atoms with Crippen LogP contribution in [0.3, 0.4) is 0 Å². The molecule has 1 atom stereocenters. The molecule has 0 aliphatic carbocycles. The van der Waals surface area contributed by atoms with Crippen LogP contribution in [0.5, 0.6) is 5.75 Å². The van der Waals surface area contributed by atoms with E-state index in [4.69, 9.17) is 10.5 Å². The zero-order chi connectivity index (χ0) is 13.8. The van der Waals surface area contributed by atoms with E-state index in [1.165, 1.54) is 0 Å². The van der Waals surface area contributed by atoms with Gasteiger partial charge in [0.1, 0.15) is 12.4 Å². The van der Waals surface area contributed by atoms with Gasteiger partial charge in [0.05, 0.1) is 10.7 Å². The summed E-state index contributed by atoms with van der Waals surface area (Å²) in [5, 5.41) is 3.19. The first kappa shape index (κ1) is 14.5. The maximum atomic E-state index is 5.96. The molecule has 2 aromatic rings. The lowest BCUT2D eigenvalue weighted by molar-refractivity contribution is 0.297. The predicted octanol–water partition coefficient (Wildman–Crippen LogP) is 4.07. The zero-order valence-corrected chi connectivity index (χ0v) is 13.4. The van der Waals surface area contributed by atoms with E-state index in [-0.39, 0.29) is 6.04 Å². The van der Waals surface area contributed by atoms with Gasteiger partial charge in [0, 0.05) is 21.5 Å². The number of aromatic nitrogens is 1. The molecule has 3 nitrogen and oxygen atoms in total. The minimum Gasteiger partial charge on any atom is -0.487 e. The summed E-state index contributed by atoms with van der Waals surface area (Å²) in [5.74, 6) is 0.823. The van der Waals surface area contributed by atoms with Crippen LogP contribution in [0.4, 0.5) is 0 Å². The average Bonchev–Trinajstić information content (AvgIpc) is 2.85. The van der Waals surface area contributed by atoms with Gasteiger partial charge >= 0.3 is 0 Å². The Labute approximate surface area is 125 Å². The van der Waals surface area contributed by atoms with Gasteiger partial charge in [-0.15, -0.1) is 11.3 Å². The fraction of sp³-hybridized carbons (Fsp3) is 0.357. The number of thiazole rings is 1. The molecule has 0 saturated carbocycles. The second-order valence-electron chi connectivity index (χ2n) is 4.35. The predicted molar refractivity (Wildman–Crippen MR) is 82.6 cm³/mol. The summed E-state index contributed by atoms with van der Waals surface area (Å²) in [6.45, 7) is 4.54. The minimum absolute atomic E-state index is 0.0610. The Morgan fingerprint density at radius 2 is 2.26 bits per heavy atom. The molecule has 5 heteroatoms. The number of ether oxygens (including phenoxy) is 1. The molecule has 0 amide bonds. The largest absolute Gasteiger partial charge is 0.487 e. The fourth-order valence-electron chi connectivity index (χ4n) is 1.74. The van der Waals surface area contributed by atoms with Gasteiger partial charge in [0.2, 0.25) is 0 Å². The molecule has 2 rings (SSSR count). The quantitative estimate of drug-likeness (QED) is 0.892. The van der Waals surface area contributed by atoms with Crippen LogP contribution in [0, 0.1) is 0 Å². The van der Waals surface area contributed by atoms with Crippen LogP contribution in [0.2, 0.25) is 0 Å². The van der Waals surface area contributed by atoms with E-state index >= 15 is 0 Å². The van der Waals surface area contributed by atoms with Gasteiger partial charge in [-0.05, 0) is 31.5 Å². The molecule has 0 aliphatic heterocycles. The van der Waals surface area contributed by atoms with E-state index < -0.39 is 0 Å². The van der Waals surface area contributed by atoms with Crippen LogP contribution in [0.25, 0.3) is 0 Å². The van der Waals surface area contributed by atoms with Crippen LogP contribution in [0.15, 0.2) is 28.1 Å². The number of aryl methyl sites for hydroxylation is 1. The number of nitrogens with two attached hydrogens (primary N) is 1. The third-order valence-electron chi connectivity index (χ3n) is 2.74. The van der Waals surface area contributed by atoms with Gasteiger partial charge in [-0.25, -0.2) is 4.98 Å². The van der Waals surface area contributed by atoms with Crippen molar-refractivity contribution in [2.75, 3.05) is 0 Å². The van der Waals surface area contributed by atoms with Crippen molar-refractivity contribution in [3.63, 3.8) is 0 Å². The molecule has 0 aliphatic rings. The highest BCUT2D eigenvalue weighted by Crippen LogP contribution is 2.28. The van der Waals surface area contributed by atoms with Gasteiger partial charge < -0.3 is 10.5 Å². The highest BCUT2D eigenvalue weighted by molar-refractivity contribution is 9.10. The molecule has 102 valence electrons. The van der Waals surface area contributed by atoms with Crippen molar-refractivity contribution in [1.29, 1.82) is 0 Å². The standard InChI is InChI=1S/C14H17BrN2OS/c1-3-14-17-11(8-19-14)7-18-13-5-4-10(15)6-12(13)9(2)16/h4-6,8-9H,3,7,16H2,1-2H3/t9-/m1/s1. The lowest BCUT2D eigenvalue weighted by atomic mass is 10.1. The van der Waals surface area contributed by atoms with E-state index in [9.17, 15) is 0 Å². The van der Waals surface area contributed by atoms with E-state index in [0.717, 1.165) is 32.9 Å². The first-order chi connectivity index (χ1) is 9.10. The maximum Gasteiger partial charge on any atom is 0.131 e. The minimum atomic E-state index is -0.0610. The van der Waals surface area contributed by atoms with Crippen molar-refractivity contribution in [2.24, 2.45) is 5.73 Å². The van der Waals surface area contributed by atoms with Gasteiger partial charge in [-0.2, -0.15) is 0 Å². The van der Waals surface area contributed by atoms with Crippen molar-refractivity contribution < 1.29 is 4.74 Å². The van der Waals surface area contributed by atoms with Crippen LogP contribution in [-0.2, 0) is 13.0 Å². The summed E-state index contributed by atoms with van der Waals surface area (Å²) in [5.41, 5.74) is 7.94. The van der Waals surface area contributed by atoms with Crippen molar-refractivity contribution in [2.45, 2.75) is 32.9 Å². The topological polar surface area (TPSA) is 48.1 Å². The van der Waals surface area contributed by atoms with E-state index in [0.29, 0.717) is 6.61 Å². The van der Waals surface area contributed by atoms with Crippen LogP contribution < -0.4 is 10.5 Å². The van der Waals surface area contributed by atoms with Crippen LogP contribution in [-0.4, -0.2) is 4.98 Å². The molecular formula is C14H17BrN2OS. The Bertz CT molecular complexity index is 554. The fourth-order valence-corrected chi connectivity index (χ4v) is 2.84. The Kier molecular flexibility index (Phi) is 4.96. The molecule has 0 unspecified atom stereocenters. The molecule has 1 aromatic carbocycles. The number of hydrogen-bond acceptors (Lipinski definition) is 4. The summed E-state index contributed by atoms with van der Waals surface area (Å²) >= 11 is 5.13. The number of benzene rings is 1. The summed E-state index contributed by atoms with van der Waals surface area (Å²) < 4.78 is 6.85. The second kappa shape index (κ2) is 6.50. The summed E-state index contributed by atoms with van der Waals surface area (Å²) in [4.78, 5) is 4.49. The van der Waals surface area contributed by atoms with Crippen molar-refractivity contribution in [3.05, 3.63) is 44.3 Å². The van der Waals surface area contributed by atoms with E-state index in [2.05, 4.69) is 27.8 Å². The highest BCUT2D eigenvalue weighted by atomic mass is 79.9. The molecule has 2 N–H and O–H groups in total. The summed E-state index contributed by atoms with van der Waals surface area (Å²) in [7, 11) is 0. The van der Waals surface area contributed by atoms with Crippen molar-refractivity contribution in [3.8, 4) is 5.75 Å². The van der Waals surface area contributed by atoms with Crippen molar-refractivity contribution in [1.82, 2.24) is 4.98 Å². The molecule has 0 bridgehead atoms. The smallest absolute Gasteiger partial charge is 0.131 e. The SMILES string of the molecule is CCc1nc(COc2ccc(Br)cc2[C@@H](C)N)cs1. The van der Waals surface area contributed by atoms with Crippen LogP contribution >= 0.6 is 27.3 Å². The van der Waals surface area contributed by atoms with Gasteiger partial charge in [0.25, 0.3) is 0 Å². The van der Waals surface area contributed by atoms with Gasteiger partial charge in [-0.1, -0.05) is 22.9 Å². The summed E-state index contributed by atoms with van der Waals surface area (Å²) in [6.07, 6.45) is 0.966. The highest BCUT2D eigenvalue weighted by Gasteiger charge is 2.10. The molecular weight excluding hydrogens is 324 g/mol. The molecule has 0 spiro atoms. The molecule has 0 radical (unpaired) electrons. The third-order valence-corrected chi connectivity index (χ3v) is 4.27. The third kappa shape index (κ3) is 3.78. The first-order valence-corrected chi connectivity index (χ1v) is 7.88. The van der Waals surface area contributed by atoms with E-state index in [1.807, 2.05) is 30.5 Å². The Hall–Kier alpha value is -0.910. The Morgan fingerprint density at radius 1 is 1.47 bits per heavy atom. The normalized spacial score (nSPS) is 12.4. The number of hydrogen-bond donors (Lipinski definition) is 1. The number of nitrogens with zero attached hydrogens (tertiary/aromatic N) is 1. The number of rotatable bonds is 5. The zero-order valence-electron chi connectivity index (χ0n) is 11.0. The van der Waals surface area contributed by atoms with Gasteiger partial charge in [0.15, 0.2) is 0 Å². The molecule has 19 heavy (non-hydrogen) atoms. The Balaban J connectivity index is 2.10. The summed E-state index contributed by atoms with van der Waals surface area (Å²) in [6, 6.07) is 5.84. The molecule has 1 aromatic heterocycles. The monoisotopic (exact) mass is 340 g/mol. The van der Waals surface area contributed by atoms with Crippen LogP contribution in [0.1, 0.15) is 36.2 Å². The molecule has 0 fully saturated rings. The first-order valence-electron chi connectivity index (χ1n) is 6.21. The van der Waals surface area contributed by atoms with E-state index in [1.54, 1.807) is 11.3 Å². The lowest BCUT2D eigenvalue weighted by Gasteiger charge is -2.13. The van der Waals surface area contributed by atoms with Gasteiger partial charge in [-0.3, -0.25) is 0 Å². The second-order valence-corrected chi connectivity index (χ2v) is 6.20. The number of halogens is 1.